The van der Waals surface area contributed by atoms with E-state index in [9.17, 15) is 26.3 Å². The zero-order valence-corrected chi connectivity index (χ0v) is 13.0. The lowest BCUT2D eigenvalue weighted by atomic mass is 10.0. The Morgan fingerprint density at radius 3 is 2.39 bits per heavy atom. The van der Waals surface area contributed by atoms with Gasteiger partial charge in [0.25, 0.3) is 0 Å². The molecule has 0 spiro atoms. The van der Waals surface area contributed by atoms with E-state index in [1.54, 1.807) is 0 Å². The molecule has 1 aromatic rings. The van der Waals surface area contributed by atoms with E-state index in [1.165, 1.54) is 7.11 Å². The number of methoxy groups -OCH3 is 1. The van der Waals surface area contributed by atoms with Gasteiger partial charge in [-0.05, 0) is 55.3 Å². The molecule has 0 aromatic heterocycles. The molecule has 1 aliphatic rings. The molecule has 0 aliphatic carbocycles. The molecule has 1 aromatic carbocycles. The third kappa shape index (κ3) is 4.94. The second-order valence-electron chi connectivity index (χ2n) is 5.20. The Balaban J connectivity index is 2.43. The van der Waals surface area contributed by atoms with Gasteiger partial charge in [-0.3, -0.25) is 0 Å². The van der Waals surface area contributed by atoms with Crippen LogP contribution in [-0.4, -0.2) is 25.2 Å². The van der Waals surface area contributed by atoms with Crippen molar-refractivity contribution in [2.24, 2.45) is 0 Å². The first-order valence-electron chi connectivity index (χ1n) is 6.87. The monoisotopic (exact) mass is 359 g/mol. The normalized spacial score (nSPS) is 19.2. The van der Waals surface area contributed by atoms with Gasteiger partial charge in [0.2, 0.25) is 0 Å². The Bertz CT molecular complexity index is 551. The number of benzene rings is 1. The molecular weight excluding hydrogens is 344 g/mol. The number of alkyl halides is 6. The Kier molecular flexibility index (Phi) is 5.40. The minimum atomic E-state index is -4.88. The van der Waals surface area contributed by atoms with Gasteiger partial charge in [0.15, 0.2) is 0 Å². The van der Waals surface area contributed by atoms with Crippen molar-refractivity contribution in [1.82, 2.24) is 5.32 Å². The number of halogens is 6. The third-order valence-corrected chi connectivity index (χ3v) is 4.33. The van der Waals surface area contributed by atoms with E-state index in [-0.39, 0.29) is 11.8 Å². The van der Waals surface area contributed by atoms with E-state index in [0.717, 1.165) is 25.5 Å². The molecular formula is C14H15F6NOS. The fourth-order valence-corrected chi connectivity index (χ4v) is 3.31. The predicted molar refractivity (Wildman–Crippen MR) is 74.6 cm³/mol. The first-order chi connectivity index (χ1) is 10.6. The summed E-state index contributed by atoms with van der Waals surface area (Å²) in [6, 6.07) is 1.63. The average molecular weight is 359 g/mol. The predicted octanol–water partition coefficient (Wildman–Crippen LogP) is 4.62. The van der Waals surface area contributed by atoms with Crippen molar-refractivity contribution in [2.75, 3.05) is 13.7 Å². The highest BCUT2D eigenvalue weighted by Crippen LogP contribution is 2.46. The van der Waals surface area contributed by atoms with Crippen LogP contribution in [0.3, 0.4) is 0 Å². The van der Waals surface area contributed by atoms with Crippen LogP contribution in [0.5, 0.6) is 5.75 Å². The highest BCUT2D eigenvalue weighted by atomic mass is 32.2. The Morgan fingerprint density at radius 1 is 1.22 bits per heavy atom. The first-order valence-corrected chi connectivity index (χ1v) is 7.69. The zero-order chi connectivity index (χ0) is 17.3. The van der Waals surface area contributed by atoms with E-state index in [0.29, 0.717) is 18.1 Å². The molecule has 0 amide bonds. The van der Waals surface area contributed by atoms with Gasteiger partial charge in [-0.2, -0.15) is 26.3 Å². The van der Waals surface area contributed by atoms with Crippen molar-refractivity contribution < 1.29 is 31.1 Å². The summed E-state index contributed by atoms with van der Waals surface area (Å²) >= 11 is -0.750. The van der Waals surface area contributed by atoms with Crippen LogP contribution in [0.2, 0.25) is 0 Å². The number of hydrogen-bond acceptors (Lipinski definition) is 3. The van der Waals surface area contributed by atoms with Crippen molar-refractivity contribution in [3.05, 3.63) is 23.3 Å². The molecule has 2 nitrogen and oxygen atoms in total. The largest absolute Gasteiger partial charge is 0.496 e. The van der Waals surface area contributed by atoms with Gasteiger partial charge in [0.05, 0.1) is 12.7 Å². The summed E-state index contributed by atoms with van der Waals surface area (Å²) < 4.78 is 81.8. The highest BCUT2D eigenvalue weighted by molar-refractivity contribution is 8.00. The molecule has 1 N–H and O–H groups in total. The van der Waals surface area contributed by atoms with E-state index in [2.05, 4.69) is 5.32 Å². The standard InChI is InChI=1S/C14H15F6NOS/c1-22-11-7-10(13(15,16)17)12(23-14(18,19)20)6-8(11)5-9-3-2-4-21-9/h6-7,9,21H,2-5H2,1H3/t9-/m1/s1. The number of ether oxygens (including phenoxy) is 1. The summed E-state index contributed by atoms with van der Waals surface area (Å²) in [5.41, 5.74) is -5.79. The number of thioether (sulfide) groups is 1. The second-order valence-corrected chi connectivity index (χ2v) is 6.31. The maximum atomic E-state index is 13.0. The molecule has 23 heavy (non-hydrogen) atoms. The molecule has 0 saturated carbocycles. The topological polar surface area (TPSA) is 21.3 Å². The maximum absolute atomic E-state index is 13.0. The SMILES string of the molecule is COc1cc(C(F)(F)F)c(SC(F)(F)F)cc1C[C@H]1CCCN1. The highest BCUT2D eigenvalue weighted by Gasteiger charge is 2.39. The van der Waals surface area contributed by atoms with Crippen LogP contribution < -0.4 is 10.1 Å². The molecule has 1 aliphatic heterocycles. The molecule has 1 fully saturated rings. The first kappa shape index (κ1) is 18.3. The van der Waals surface area contributed by atoms with E-state index in [4.69, 9.17) is 4.74 Å². The van der Waals surface area contributed by atoms with Gasteiger partial charge >= 0.3 is 11.7 Å². The van der Waals surface area contributed by atoms with Crippen LogP contribution >= 0.6 is 11.8 Å². The molecule has 0 bridgehead atoms. The van der Waals surface area contributed by atoms with Gasteiger partial charge in [-0.1, -0.05) is 0 Å². The second kappa shape index (κ2) is 6.80. The number of rotatable bonds is 4. The van der Waals surface area contributed by atoms with E-state index >= 15 is 0 Å². The van der Waals surface area contributed by atoms with Gasteiger partial charge in [-0.25, -0.2) is 0 Å². The molecule has 130 valence electrons. The summed E-state index contributed by atoms with van der Waals surface area (Å²) in [6.45, 7) is 0.789. The lowest BCUT2D eigenvalue weighted by molar-refractivity contribution is -0.139. The minimum absolute atomic E-state index is 0.0318. The quantitative estimate of drug-likeness (QED) is 0.626. The van der Waals surface area contributed by atoms with Crippen molar-refractivity contribution >= 4 is 11.8 Å². The van der Waals surface area contributed by atoms with Crippen molar-refractivity contribution in [1.29, 1.82) is 0 Å². The molecule has 0 radical (unpaired) electrons. The summed E-state index contributed by atoms with van der Waals surface area (Å²) in [4.78, 5) is -0.848. The lowest BCUT2D eigenvalue weighted by Crippen LogP contribution is -2.24. The van der Waals surface area contributed by atoms with Crippen molar-refractivity contribution in [3.63, 3.8) is 0 Å². The smallest absolute Gasteiger partial charge is 0.446 e. The molecule has 1 heterocycles. The maximum Gasteiger partial charge on any atom is 0.446 e. The zero-order valence-electron chi connectivity index (χ0n) is 12.1. The van der Waals surface area contributed by atoms with Crippen LogP contribution in [0.4, 0.5) is 26.3 Å². The average Bonchev–Trinajstić information content (AvgIpc) is 2.88. The summed E-state index contributed by atoms with van der Waals surface area (Å²) in [7, 11) is 1.21. The third-order valence-electron chi connectivity index (χ3n) is 3.54. The molecule has 9 heteroatoms. The summed E-state index contributed by atoms with van der Waals surface area (Å²) in [5.74, 6) is -0.0439. The van der Waals surface area contributed by atoms with Crippen molar-refractivity contribution in [3.8, 4) is 5.75 Å². The molecule has 1 atom stereocenters. The van der Waals surface area contributed by atoms with Crippen LogP contribution in [0.15, 0.2) is 17.0 Å². The van der Waals surface area contributed by atoms with Crippen LogP contribution in [0, 0.1) is 0 Å². The van der Waals surface area contributed by atoms with Gasteiger partial charge in [0, 0.05) is 10.9 Å². The summed E-state index contributed by atoms with van der Waals surface area (Å²) in [5, 5.41) is 3.16. The van der Waals surface area contributed by atoms with Crippen LogP contribution in [0.25, 0.3) is 0 Å². The Morgan fingerprint density at radius 2 is 1.91 bits per heavy atom. The Labute approximate surface area is 133 Å². The minimum Gasteiger partial charge on any atom is -0.496 e. The molecule has 2 rings (SSSR count). The summed E-state index contributed by atoms with van der Waals surface area (Å²) in [6.07, 6.45) is -2.80. The van der Waals surface area contributed by atoms with Gasteiger partial charge in [0.1, 0.15) is 5.75 Å². The molecule has 1 saturated heterocycles. The fourth-order valence-electron chi connectivity index (χ4n) is 2.58. The van der Waals surface area contributed by atoms with Crippen LogP contribution in [0.1, 0.15) is 24.0 Å². The lowest BCUT2D eigenvalue weighted by Gasteiger charge is -2.19. The fraction of sp³-hybridized carbons (Fsp3) is 0.571. The van der Waals surface area contributed by atoms with E-state index < -0.39 is 33.9 Å². The number of hydrogen-bond donors (Lipinski definition) is 1. The van der Waals surface area contributed by atoms with Crippen molar-refractivity contribution in [2.45, 2.75) is 41.9 Å². The Hall–Kier alpha value is -1.09. The van der Waals surface area contributed by atoms with E-state index in [1.807, 2.05) is 0 Å². The van der Waals surface area contributed by atoms with Gasteiger partial charge < -0.3 is 10.1 Å². The molecule has 0 unspecified atom stereocenters. The van der Waals surface area contributed by atoms with Gasteiger partial charge in [-0.15, -0.1) is 0 Å². The van der Waals surface area contributed by atoms with Crippen LogP contribution in [-0.2, 0) is 12.6 Å². The number of nitrogens with one attached hydrogen (secondary N) is 1.